The molecule has 0 aliphatic carbocycles. The molecule has 1 amide bonds. The zero-order valence-corrected chi connectivity index (χ0v) is 16.8. The predicted molar refractivity (Wildman–Crippen MR) is 107 cm³/mol. The number of anilines is 1. The number of fused-ring (bicyclic) bond motifs is 1. The number of pyridine rings is 1. The van der Waals surface area contributed by atoms with E-state index in [0.29, 0.717) is 40.5 Å². The van der Waals surface area contributed by atoms with Crippen molar-refractivity contribution in [3.05, 3.63) is 38.9 Å². The molecule has 28 heavy (non-hydrogen) atoms. The number of amides is 1. The van der Waals surface area contributed by atoms with Gasteiger partial charge in [-0.05, 0) is 37.4 Å². The molecule has 3 aromatic rings. The van der Waals surface area contributed by atoms with Crippen LogP contribution in [0.15, 0.2) is 17.1 Å². The largest absolute Gasteiger partial charge is 0.347 e. The summed E-state index contributed by atoms with van der Waals surface area (Å²) in [6.07, 6.45) is 3.32. The zero-order valence-electron chi connectivity index (χ0n) is 16.0. The maximum atomic E-state index is 12.8. The number of nitrogens with zero attached hydrogens (tertiary/aromatic N) is 6. The van der Waals surface area contributed by atoms with Crippen LogP contribution in [0.25, 0.3) is 10.9 Å². The number of aromatic nitrogens is 5. The van der Waals surface area contributed by atoms with Crippen LogP contribution in [0.5, 0.6) is 0 Å². The van der Waals surface area contributed by atoms with E-state index in [-0.39, 0.29) is 17.4 Å². The van der Waals surface area contributed by atoms with Gasteiger partial charge < -0.3 is 14.8 Å². The van der Waals surface area contributed by atoms with Crippen molar-refractivity contribution >= 4 is 34.3 Å². The molecular weight excluding hydrogens is 378 g/mol. The Morgan fingerprint density at radius 2 is 2.21 bits per heavy atom. The molecule has 0 spiro atoms. The van der Waals surface area contributed by atoms with Crippen LogP contribution in [0.4, 0.5) is 5.95 Å². The summed E-state index contributed by atoms with van der Waals surface area (Å²) < 4.78 is 3.86. The lowest BCUT2D eigenvalue weighted by atomic mass is 9.93. The van der Waals surface area contributed by atoms with Crippen LogP contribution >= 0.6 is 11.5 Å². The minimum absolute atomic E-state index is 0.0439. The average molecular weight is 399 g/mol. The number of carbonyl (C=O) groups is 1. The number of nitrogens with one attached hydrogen (secondary N) is 1. The topological polar surface area (TPSA) is 108 Å². The first-order valence-corrected chi connectivity index (χ1v) is 9.87. The second-order valence-electron chi connectivity index (χ2n) is 7.19. The summed E-state index contributed by atoms with van der Waals surface area (Å²) in [5.74, 6) is 0.559. The molecule has 9 nitrogen and oxygen atoms in total. The van der Waals surface area contributed by atoms with Gasteiger partial charge in [0.05, 0.1) is 16.6 Å². The Morgan fingerprint density at radius 3 is 2.93 bits per heavy atom. The number of piperidine rings is 1. The van der Waals surface area contributed by atoms with E-state index in [0.717, 1.165) is 30.1 Å². The molecule has 1 fully saturated rings. The summed E-state index contributed by atoms with van der Waals surface area (Å²) in [6.45, 7) is 3.03. The van der Waals surface area contributed by atoms with E-state index in [1.807, 2.05) is 25.1 Å². The molecular formula is C18H21N7O2S. The van der Waals surface area contributed by atoms with Gasteiger partial charge in [-0.3, -0.25) is 9.59 Å². The van der Waals surface area contributed by atoms with Crippen molar-refractivity contribution in [1.82, 2.24) is 29.4 Å². The molecule has 1 saturated heterocycles. The van der Waals surface area contributed by atoms with Gasteiger partial charge in [-0.25, -0.2) is 9.97 Å². The van der Waals surface area contributed by atoms with Gasteiger partial charge in [-0.15, -0.1) is 5.10 Å². The lowest BCUT2D eigenvalue weighted by Crippen LogP contribution is -2.39. The summed E-state index contributed by atoms with van der Waals surface area (Å²) in [5.41, 5.74) is 1.87. The molecule has 1 N–H and O–H groups in total. The fourth-order valence-electron chi connectivity index (χ4n) is 3.47. The van der Waals surface area contributed by atoms with Crippen LogP contribution < -0.4 is 10.5 Å². The molecule has 4 rings (SSSR count). The van der Waals surface area contributed by atoms with E-state index in [9.17, 15) is 9.59 Å². The SMILES string of the molecule is Cc1nnsc1C(=O)N1CCC[C@H](c2cc3nc(N(C)C)ncc3c(=O)[nH]2)C1. The van der Waals surface area contributed by atoms with Gasteiger partial charge in [0, 0.05) is 45.0 Å². The Morgan fingerprint density at radius 1 is 1.39 bits per heavy atom. The first kappa shape index (κ1) is 18.5. The van der Waals surface area contributed by atoms with Crippen molar-refractivity contribution in [2.75, 3.05) is 32.1 Å². The number of H-pyrrole nitrogens is 1. The fourth-order valence-corrected chi connectivity index (χ4v) is 4.10. The molecule has 3 aromatic heterocycles. The van der Waals surface area contributed by atoms with E-state index in [2.05, 4.69) is 24.5 Å². The van der Waals surface area contributed by atoms with Crippen LogP contribution in [0, 0.1) is 6.92 Å². The molecule has 1 aliphatic heterocycles. The lowest BCUT2D eigenvalue weighted by molar-refractivity contribution is 0.0710. The lowest BCUT2D eigenvalue weighted by Gasteiger charge is -2.32. The molecule has 0 saturated carbocycles. The van der Waals surface area contributed by atoms with Crippen molar-refractivity contribution in [2.24, 2.45) is 0 Å². The van der Waals surface area contributed by atoms with Crippen LogP contribution in [-0.2, 0) is 0 Å². The Bertz CT molecular complexity index is 1090. The number of carbonyl (C=O) groups excluding carboxylic acids is 1. The van der Waals surface area contributed by atoms with Crippen LogP contribution in [0.1, 0.15) is 39.8 Å². The number of aryl methyl sites for hydroxylation is 1. The van der Waals surface area contributed by atoms with Crippen molar-refractivity contribution in [1.29, 1.82) is 0 Å². The highest BCUT2D eigenvalue weighted by Gasteiger charge is 2.28. The molecule has 1 atom stereocenters. The standard InChI is InChI=1S/C18H21N7O2S/c1-10-15(28-23-22-10)17(27)25-6-4-5-11(9-25)13-7-14-12(16(26)20-13)8-19-18(21-14)24(2)3/h7-8,11H,4-6,9H2,1-3H3,(H,20,26)/t11-/m0/s1. The third kappa shape index (κ3) is 3.35. The number of rotatable bonds is 3. The molecule has 0 bridgehead atoms. The van der Waals surface area contributed by atoms with E-state index in [4.69, 9.17) is 0 Å². The quantitative estimate of drug-likeness (QED) is 0.712. The average Bonchev–Trinajstić information content (AvgIpc) is 3.12. The van der Waals surface area contributed by atoms with Crippen molar-refractivity contribution in [3.8, 4) is 0 Å². The zero-order chi connectivity index (χ0) is 19.8. The van der Waals surface area contributed by atoms with Gasteiger partial charge in [0.2, 0.25) is 5.95 Å². The number of aromatic amines is 1. The minimum Gasteiger partial charge on any atom is -0.347 e. The van der Waals surface area contributed by atoms with Gasteiger partial charge in [0.25, 0.3) is 11.5 Å². The fraction of sp³-hybridized carbons (Fsp3) is 0.444. The normalized spacial score (nSPS) is 17.1. The summed E-state index contributed by atoms with van der Waals surface area (Å²) in [4.78, 5) is 41.2. The molecule has 146 valence electrons. The maximum absolute atomic E-state index is 12.8. The van der Waals surface area contributed by atoms with Crippen molar-refractivity contribution in [3.63, 3.8) is 0 Å². The van der Waals surface area contributed by atoms with E-state index in [1.54, 1.807) is 18.0 Å². The first-order chi connectivity index (χ1) is 13.4. The molecule has 0 aromatic carbocycles. The van der Waals surface area contributed by atoms with Gasteiger partial charge in [-0.2, -0.15) is 0 Å². The number of hydrogen-bond acceptors (Lipinski definition) is 8. The summed E-state index contributed by atoms with van der Waals surface area (Å²) in [5, 5.41) is 4.40. The van der Waals surface area contributed by atoms with Crippen LogP contribution in [-0.4, -0.2) is 62.5 Å². The minimum atomic E-state index is -0.205. The Hall–Kier alpha value is -2.88. The van der Waals surface area contributed by atoms with Gasteiger partial charge in [-0.1, -0.05) is 4.49 Å². The molecule has 1 aliphatic rings. The predicted octanol–water partition coefficient (Wildman–Crippen LogP) is 1.56. The Balaban J connectivity index is 1.64. The highest BCUT2D eigenvalue weighted by atomic mass is 32.1. The Labute approximate surface area is 165 Å². The Kier molecular flexibility index (Phi) is 4.80. The van der Waals surface area contributed by atoms with Crippen LogP contribution in [0.3, 0.4) is 0 Å². The third-order valence-corrected chi connectivity index (χ3v) is 5.81. The van der Waals surface area contributed by atoms with Crippen molar-refractivity contribution in [2.45, 2.75) is 25.7 Å². The molecule has 4 heterocycles. The van der Waals surface area contributed by atoms with E-state index >= 15 is 0 Å². The highest BCUT2D eigenvalue weighted by Crippen LogP contribution is 2.28. The highest BCUT2D eigenvalue weighted by molar-refractivity contribution is 7.07. The van der Waals surface area contributed by atoms with Gasteiger partial charge in [0.1, 0.15) is 4.88 Å². The smallest absolute Gasteiger partial charge is 0.267 e. The molecule has 0 radical (unpaired) electrons. The van der Waals surface area contributed by atoms with E-state index in [1.165, 1.54) is 0 Å². The van der Waals surface area contributed by atoms with Crippen LogP contribution in [0.2, 0.25) is 0 Å². The van der Waals surface area contributed by atoms with Crippen molar-refractivity contribution < 1.29 is 4.79 Å². The maximum Gasteiger partial charge on any atom is 0.267 e. The first-order valence-electron chi connectivity index (χ1n) is 9.09. The van der Waals surface area contributed by atoms with Gasteiger partial charge in [0.15, 0.2) is 0 Å². The third-order valence-electron chi connectivity index (χ3n) is 4.99. The second-order valence-corrected chi connectivity index (χ2v) is 7.95. The van der Waals surface area contributed by atoms with E-state index < -0.39 is 0 Å². The molecule has 10 heteroatoms. The number of hydrogen-bond donors (Lipinski definition) is 1. The number of likely N-dealkylation sites (tertiary alicyclic amines) is 1. The monoisotopic (exact) mass is 399 g/mol. The van der Waals surface area contributed by atoms with Gasteiger partial charge >= 0.3 is 0 Å². The summed E-state index contributed by atoms with van der Waals surface area (Å²) >= 11 is 1.13. The summed E-state index contributed by atoms with van der Waals surface area (Å²) in [7, 11) is 3.71. The molecule has 0 unspecified atom stereocenters. The summed E-state index contributed by atoms with van der Waals surface area (Å²) in [6, 6.07) is 1.91. The second kappa shape index (κ2) is 7.27.